The molecule has 2 heterocycles. The predicted molar refractivity (Wildman–Crippen MR) is 54.0 cm³/mol. The van der Waals surface area contributed by atoms with Gasteiger partial charge in [-0.3, -0.25) is 0 Å². The molecule has 2 rings (SSSR count). The minimum atomic E-state index is -3.23. The zero-order valence-corrected chi connectivity index (χ0v) is 9.34. The third kappa shape index (κ3) is 1.46. The molecule has 2 saturated heterocycles. The monoisotopic (exact) mass is 219 g/mol. The van der Waals surface area contributed by atoms with Gasteiger partial charge in [-0.2, -0.15) is 12.7 Å². The molecule has 82 valence electrons. The molecule has 0 saturated carbocycles. The van der Waals surface area contributed by atoms with Crippen molar-refractivity contribution in [2.45, 2.75) is 13.0 Å². The van der Waals surface area contributed by atoms with E-state index in [1.54, 1.807) is 4.31 Å². The van der Waals surface area contributed by atoms with Crippen molar-refractivity contribution >= 4 is 10.2 Å². The zero-order valence-electron chi connectivity index (χ0n) is 8.53. The maximum Gasteiger partial charge on any atom is 0.279 e. The summed E-state index contributed by atoms with van der Waals surface area (Å²) in [7, 11) is -1.77. The lowest BCUT2D eigenvalue weighted by molar-refractivity contribution is 0.357. The van der Waals surface area contributed by atoms with Gasteiger partial charge in [0.1, 0.15) is 0 Å². The Hall–Kier alpha value is -0.170. The van der Waals surface area contributed by atoms with Crippen molar-refractivity contribution in [3.05, 3.63) is 0 Å². The highest BCUT2D eigenvalue weighted by Crippen LogP contribution is 2.33. The Bertz CT molecular complexity index is 317. The van der Waals surface area contributed by atoms with E-state index < -0.39 is 10.2 Å². The minimum Gasteiger partial charge on any atom is -0.316 e. The predicted octanol–water partition coefficient (Wildman–Crippen LogP) is -1.01. The Balaban J connectivity index is 2.18. The van der Waals surface area contributed by atoms with Crippen LogP contribution in [-0.4, -0.2) is 45.4 Å². The number of hydrogen-bond donors (Lipinski definition) is 2. The summed E-state index contributed by atoms with van der Waals surface area (Å²) in [5, 5.41) is 3.30. The van der Waals surface area contributed by atoms with E-state index in [9.17, 15) is 8.42 Å². The first-order chi connectivity index (χ1) is 6.56. The first-order valence-corrected chi connectivity index (χ1v) is 6.41. The summed E-state index contributed by atoms with van der Waals surface area (Å²) < 4.78 is 27.2. The van der Waals surface area contributed by atoms with Crippen molar-refractivity contribution in [1.29, 1.82) is 0 Å². The summed E-state index contributed by atoms with van der Waals surface area (Å²) in [6.07, 6.45) is 0. The second kappa shape index (κ2) is 3.44. The van der Waals surface area contributed by atoms with E-state index in [1.165, 1.54) is 7.05 Å². The average Bonchev–Trinajstić information content (AvgIpc) is 2.69. The molecule has 0 radical (unpaired) electrons. The van der Waals surface area contributed by atoms with Crippen LogP contribution in [0.1, 0.15) is 6.92 Å². The molecule has 2 aliphatic rings. The molecular weight excluding hydrogens is 202 g/mol. The van der Waals surface area contributed by atoms with Crippen molar-refractivity contribution in [2.75, 3.05) is 26.7 Å². The van der Waals surface area contributed by atoms with Gasteiger partial charge in [0.05, 0.1) is 0 Å². The fourth-order valence-corrected chi connectivity index (χ4v) is 3.78. The van der Waals surface area contributed by atoms with Crippen LogP contribution in [0.3, 0.4) is 0 Å². The summed E-state index contributed by atoms with van der Waals surface area (Å²) >= 11 is 0. The molecule has 14 heavy (non-hydrogen) atoms. The largest absolute Gasteiger partial charge is 0.316 e. The summed E-state index contributed by atoms with van der Waals surface area (Å²) in [6, 6.07) is 0.118. The van der Waals surface area contributed by atoms with Crippen LogP contribution in [0.25, 0.3) is 0 Å². The Morgan fingerprint density at radius 1 is 1.43 bits per heavy atom. The molecule has 6 heteroatoms. The lowest BCUT2D eigenvalue weighted by Gasteiger charge is -2.22. The van der Waals surface area contributed by atoms with Crippen LogP contribution in [0.5, 0.6) is 0 Å². The first-order valence-electron chi connectivity index (χ1n) is 4.97. The quantitative estimate of drug-likeness (QED) is 0.625. The molecule has 0 bridgehead atoms. The van der Waals surface area contributed by atoms with E-state index in [4.69, 9.17) is 0 Å². The van der Waals surface area contributed by atoms with Crippen LogP contribution in [0.2, 0.25) is 0 Å². The Morgan fingerprint density at radius 2 is 2.14 bits per heavy atom. The van der Waals surface area contributed by atoms with E-state index in [2.05, 4.69) is 10.0 Å². The average molecular weight is 219 g/mol. The molecule has 5 nitrogen and oxygen atoms in total. The van der Waals surface area contributed by atoms with E-state index in [1.807, 2.05) is 6.92 Å². The van der Waals surface area contributed by atoms with Gasteiger partial charge in [-0.1, -0.05) is 0 Å². The highest BCUT2D eigenvalue weighted by Gasteiger charge is 2.45. The Morgan fingerprint density at radius 3 is 2.71 bits per heavy atom. The summed E-state index contributed by atoms with van der Waals surface area (Å²) in [6.45, 7) is 4.54. The van der Waals surface area contributed by atoms with Crippen molar-refractivity contribution in [3.8, 4) is 0 Å². The van der Waals surface area contributed by atoms with Gasteiger partial charge in [0.25, 0.3) is 10.2 Å². The molecule has 3 atom stereocenters. The molecule has 2 N–H and O–H groups in total. The first kappa shape index (κ1) is 10.4. The summed E-state index contributed by atoms with van der Waals surface area (Å²) in [4.78, 5) is 0. The molecule has 2 aliphatic heterocycles. The lowest BCUT2D eigenvalue weighted by Crippen LogP contribution is -2.43. The standard InChI is InChI=1S/C8H17N3O2S/c1-6-8-4-10-3-7(8)5-11(6)14(12,13)9-2/h6-10H,3-5H2,1-2H3. The number of nitrogens with zero attached hydrogens (tertiary/aromatic N) is 1. The smallest absolute Gasteiger partial charge is 0.279 e. The third-order valence-corrected chi connectivity index (χ3v) is 5.06. The van der Waals surface area contributed by atoms with Gasteiger partial charge in [-0.15, -0.1) is 0 Å². The number of nitrogens with one attached hydrogen (secondary N) is 2. The van der Waals surface area contributed by atoms with Crippen molar-refractivity contribution in [1.82, 2.24) is 14.3 Å². The number of rotatable bonds is 2. The maximum absolute atomic E-state index is 11.6. The van der Waals surface area contributed by atoms with Crippen LogP contribution in [0.15, 0.2) is 0 Å². The van der Waals surface area contributed by atoms with Gasteiger partial charge in [0, 0.05) is 19.6 Å². The van der Waals surface area contributed by atoms with Crippen LogP contribution in [-0.2, 0) is 10.2 Å². The fraction of sp³-hybridized carbons (Fsp3) is 1.00. The summed E-state index contributed by atoms with van der Waals surface area (Å²) in [5.74, 6) is 0.978. The molecule has 0 aromatic heterocycles. The van der Waals surface area contributed by atoms with Crippen LogP contribution >= 0.6 is 0 Å². The molecule has 3 unspecified atom stereocenters. The van der Waals surface area contributed by atoms with Crippen molar-refractivity contribution in [2.24, 2.45) is 11.8 Å². The molecular formula is C8H17N3O2S. The zero-order chi connectivity index (χ0) is 10.3. The van der Waals surface area contributed by atoms with Gasteiger partial charge in [-0.25, -0.2) is 4.72 Å². The second-order valence-corrected chi connectivity index (χ2v) is 5.93. The highest BCUT2D eigenvalue weighted by molar-refractivity contribution is 7.87. The summed E-state index contributed by atoms with van der Waals surface area (Å²) in [5.41, 5.74) is 0. The van der Waals surface area contributed by atoms with Gasteiger partial charge >= 0.3 is 0 Å². The van der Waals surface area contributed by atoms with Gasteiger partial charge in [-0.05, 0) is 31.8 Å². The normalized spacial score (nSPS) is 38.9. The van der Waals surface area contributed by atoms with E-state index in [0.717, 1.165) is 13.1 Å². The third-order valence-electron chi connectivity index (χ3n) is 3.45. The van der Waals surface area contributed by atoms with E-state index in [0.29, 0.717) is 18.4 Å². The molecule has 0 aliphatic carbocycles. The topological polar surface area (TPSA) is 61.4 Å². The Labute approximate surface area is 85.0 Å². The molecule has 0 amide bonds. The number of fused-ring (bicyclic) bond motifs is 1. The maximum atomic E-state index is 11.6. The fourth-order valence-electron chi connectivity index (χ4n) is 2.56. The van der Waals surface area contributed by atoms with Gasteiger partial charge in [0.2, 0.25) is 0 Å². The van der Waals surface area contributed by atoms with E-state index >= 15 is 0 Å². The van der Waals surface area contributed by atoms with Crippen molar-refractivity contribution < 1.29 is 8.42 Å². The van der Waals surface area contributed by atoms with Crippen LogP contribution < -0.4 is 10.0 Å². The van der Waals surface area contributed by atoms with Crippen LogP contribution in [0.4, 0.5) is 0 Å². The molecule has 0 aromatic carbocycles. The lowest BCUT2D eigenvalue weighted by atomic mass is 9.95. The Kier molecular flexibility index (Phi) is 2.55. The van der Waals surface area contributed by atoms with E-state index in [-0.39, 0.29) is 6.04 Å². The van der Waals surface area contributed by atoms with Gasteiger partial charge in [0.15, 0.2) is 0 Å². The second-order valence-electron chi connectivity index (χ2n) is 4.10. The SMILES string of the molecule is CNS(=O)(=O)N1CC2CNCC2C1C. The van der Waals surface area contributed by atoms with Crippen LogP contribution in [0, 0.1) is 11.8 Å². The highest BCUT2D eigenvalue weighted by atomic mass is 32.2. The molecule has 2 fully saturated rings. The van der Waals surface area contributed by atoms with Crippen molar-refractivity contribution in [3.63, 3.8) is 0 Å². The molecule has 0 spiro atoms. The number of hydrogen-bond acceptors (Lipinski definition) is 3. The molecule has 0 aromatic rings. The minimum absolute atomic E-state index is 0.118. The van der Waals surface area contributed by atoms with Gasteiger partial charge < -0.3 is 5.32 Å².